The second kappa shape index (κ2) is 5.73. The van der Waals surface area contributed by atoms with Gasteiger partial charge in [-0.1, -0.05) is 0 Å². The molecule has 0 radical (unpaired) electrons. The molecule has 0 unspecified atom stereocenters. The lowest BCUT2D eigenvalue weighted by atomic mass is 10.1. The molecule has 1 aliphatic rings. The van der Waals surface area contributed by atoms with Crippen molar-refractivity contribution in [3.63, 3.8) is 0 Å². The van der Waals surface area contributed by atoms with Crippen LogP contribution >= 0.6 is 15.9 Å². The van der Waals surface area contributed by atoms with E-state index in [1.165, 1.54) is 11.0 Å². The first kappa shape index (κ1) is 15.3. The molecule has 1 saturated heterocycles. The molecule has 2 rings (SSSR count). The molecule has 1 aromatic rings. The summed E-state index contributed by atoms with van der Waals surface area (Å²) in [5.41, 5.74) is -0.806. The quantitative estimate of drug-likeness (QED) is 0.776. The number of ether oxygens (including phenoxy) is 1. The number of benzene rings is 1. The van der Waals surface area contributed by atoms with Crippen LogP contribution in [0, 0.1) is 0 Å². The van der Waals surface area contributed by atoms with Crippen LogP contribution in [0.3, 0.4) is 0 Å². The number of nitrogens with zero attached hydrogens (tertiary/aromatic N) is 1. The van der Waals surface area contributed by atoms with E-state index in [1.807, 2.05) is 6.92 Å². The zero-order chi connectivity index (χ0) is 14.9. The summed E-state index contributed by atoms with van der Waals surface area (Å²) in [7, 11) is 0. The van der Waals surface area contributed by atoms with Crippen molar-refractivity contribution >= 4 is 21.8 Å². The minimum absolute atomic E-state index is 0.0222. The molecule has 1 fully saturated rings. The van der Waals surface area contributed by atoms with Gasteiger partial charge in [0.1, 0.15) is 0 Å². The van der Waals surface area contributed by atoms with Crippen LogP contribution in [0.5, 0.6) is 0 Å². The van der Waals surface area contributed by atoms with Gasteiger partial charge in [-0.2, -0.15) is 13.2 Å². The van der Waals surface area contributed by atoms with Gasteiger partial charge in [0.25, 0.3) is 5.91 Å². The summed E-state index contributed by atoms with van der Waals surface area (Å²) in [6, 6.07) is 3.08. The molecule has 1 amide bonds. The Morgan fingerprint density at radius 1 is 1.45 bits per heavy atom. The summed E-state index contributed by atoms with van der Waals surface area (Å²) in [6.07, 6.45) is -4.58. The first-order valence-corrected chi connectivity index (χ1v) is 6.86. The molecule has 1 aliphatic heterocycles. The zero-order valence-corrected chi connectivity index (χ0v) is 12.3. The predicted molar refractivity (Wildman–Crippen MR) is 70.5 cm³/mol. The third-order valence-corrected chi connectivity index (χ3v) is 3.74. The molecule has 0 spiro atoms. The van der Waals surface area contributed by atoms with Gasteiger partial charge in [0.15, 0.2) is 0 Å². The van der Waals surface area contributed by atoms with E-state index in [1.54, 1.807) is 0 Å². The Bertz CT molecular complexity index is 519. The molecule has 0 N–H and O–H groups in total. The van der Waals surface area contributed by atoms with Crippen LogP contribution < -0.4 is 0 Å². The molecule has 1 atom stereocenters. The Balaban J connectivity index is 2.29. The van der Waals surface area contributed by atoms with E-state index in [0.717, 1.165) is 12.1 Å². The third kappa shape index (κ3) is 3.32. The van der Waals surface area contributed by atoms with Crippen LogP contribution in [0.1, 0.15) is 22.8 Å². The Labute approximate surface area is 122 Å². The Morgan fingerprint density at radius 3 is 2.75 bits per heavy atom. The van der Waals surface area contributed by atoms with E-state index < -0.39 is 17.6 Å². The average molecular weight is 352 g/mol. The standard InChI is InChI=1S/C13H13BrF3NO2/c1-8-7-18(4-5-20-8)12(19)10-6-9(13(15,16)17)2-3-11(10)14/h2-3,6,8H,4-5,7H2,1H3/t8-/m0/s1. The minimum atomic E-state index is -4.46. The molecule has 0 bridgehead atoms. The van der Waals surface area contributed by atoms with Gasteiger partial charge in [0, 0.05) is 17.6 Å². The molecular weight excluding hydrogens is 339 g/mol. The second-order valence-corrected chi connectivity index (χ2v) is 5.48. The van der Waals surface area contributed by atoms with Crippen molar-refractivity contribution < 1.29 is 22.7 Å². The van der Waals surface area contributed by atoms with Crippen molar-refractivity contribution in [2.24, 2.45) is 0 Å². The lowest BCUT2D eigenvalue weighted by Gasteiger charge is -2.31. The van der Waals surface area contributed by atoms with Gasteiger partial charge in [-0.25, -0.2) is 0 Å². The Morgan fingerprint density at radius 2 is 2.15 bits per heavy atom. The summed E-state index contributed by atoms with van der Waals surface area (Å²) < 4.78 is 43.8. The number of halogens is 4. The van der Waals surface area contributed by atoms with Crippen LogP contribution in [-0.4, -0.2) is 36.6 Å². The maximum atomic E-state index is 12.7. The zero-order valence-electron chi connectivity index (χ0n) is 10.7. The van der Waals surface area contributed by atoms with Gasteiger partial charge >= 0.3 is 6.18 Å². The van der Waals surface area contributed by atoms with Crippen LogP contribution in [0.2, 0.25) is 0 Å². The first-order chi connectivity index (χ1) is 9.29. The fourth-order valence-corrected chi connectivity index (χ4v) is 2.45. The van der Waals surface area contributed by atoms with E-state index >= 15 is 0 Å². The number of rotatable bonds is 1. The molecule has 1 heterocycles. The number of amides is 1. The number of carbonyl (C=O) groups excluding carboxylic acids is 1. The van der Waals surface area contributed by atoms with Crippen molar-refractivity contribution in [2.45, 2.75) is 19.2 Å². The number of morpholine rings is 1. The van der Waals surface area contributed by atoms with Gasteiger partial charge in [0.2, 0.25) is 0 Å². The van der Waals surface area contributed by atoms with Crippen molar-refractivity contribution in [3.8, 4) is 0 Å². The lowest BCUT2D eigenvalue weighted by Crippen LogP contribution is -2.44. The summed E-state index contributed by atoms with van der Waals surface area (Å²) >= 11 is 3.13. The number of alkyl halides is 3. The van der Waals surface area contributed by atoms with Gasteiger partial charge in [-0.05, 0) is 41.1 Å². The fraction of sp³-hybridized carbons (Fsp3) is 0.462. The summed E-state index contributed by atoms with van der Waals surface area (Å²) in [6.45, 7) is 2.97. The summed E-state index contributed by atoms with van der Waals surface area (Å²) in [4.78, 5) is 13.8. The highest BCUT2D eigenvalue weighted by molar-refractivity contribution is 9.10. The predicted octanol–water partition coefficient (Wildman–Crippen LogP) is 3.33. The molecule has 1 aromatic carbocycles. The summed E-state index contributed by atoms with van der Waals surface area (Å²) in [5.74, 6) is -0.418. The van der Waals surface area contributed by atoms with Gasteiger partial charge < -0.3 is 9.64 Å². The Hall–Kier alpha value is -1.08. The highest BCUT2D eigenvalue weighted by atomic mass is 79.9. The molecule has 110 valence electrons. The lowest BCUT2D eigenvalue weighted by molar-refractivity contribution is -0.137. The van der Waals surface area contributed by atoms with Gasteiger partial charge in [-0.15, -0.1) is 0 Å². The smallest absolute Gasteiger partial charge is 0.375 e. The average Bonchev–Trinajstić information content (AvgIpc) is 2.37. The van der Waals surface area contributed by atoms with Crippen LogP contribution in [0.25, 0.3) is 0 Å². The van der Waals surface area contributed by atoms with Crippen molar-refractivity contribution in [2.75, 3.05) is 19.7 Å². The topological polar surface area (TPSA) is 29.5 Å². The third-order valence-electron chi connectivity index (χ3n) is 3.05. The van der Waals surface area contributed by atoms with Crippen molar-refractivity contribution in [1.29, 1.82) is 0 Å². The molecule has 7 heteroatoms. The first-order valence-electron chi connectivity index (χ1n) is 6.06. The second-order valence-electron chi connectivity index (χ2n) is 4.62. The van der Waals surface area contributed by atoms with E-state index in [2.05, 4.69) is 15.9 Å². The minimum Gasteiger partial charge on any atom is -0.375 e. The van der Waals surface area contributed by atoms with E-state index in [9.17, 15) is 18.0 Å². The van der Waals surface area contributed by atoms with Crippen LogP contribution in [-0.2, 0) is 10.9 Å². The van der Waals surface area contributed by atoms with E-state index in [-0.39, 0.29) is 11.7 Å². The number of hydrogen-bond acceptors (Lipinski definition) is 2. The van der Waals surface area contributed by atoms with Gasteiger partial charge in [-0.3, -0.25) is 4.79 Å². The highest BCUT2D eigenvalue weighted by Gasteiger charge is 2.32. The molecule has 20 heavy (non-hydrogen) atoms. The Kier molecular flexibility index (Phi) is 4.39. The number of carbonyl (C=O) groups is 1. The van der Waals surface area contributed by atoms with Crippen molar-refractivity contribution in [3.05, 3.63) is 33.8 Å². The summed E-state index contributed by atoms with van der Waals surface area (Å²) in [5, 5.41) is 0. The molecular formula is C13H13BrF3NO2. The van der Waals surface area contributed by atoms with Crippen LogP contribution in [0.4, 0.5) is 13.2 Å². The molecule has 0 aromatic heterocycles. The fourth-order valence-electron chi connectivity index (χ4n) is 2.04. The molecule has 3 nitrogen and oxygen atoms in total. The van der Waals surface area contributed by atoms with Crippen LogP contribution in [0.15, 0.2) is 22.7 Å². The SMILES string of the molecule is C[C@H]1CN(C(=O)c2cc(C(F)(F)F)ccc2Br)CCO1. The maximum Gasteiger partial charge on any atom is 0.416 e. The highest BCUT2D eigenvalue weighted by Crippen LogP contribution is 2.32. The van der Waals surface area contributed by atoms with Crippen molar-refractivity contribution in [1.82, 2.24) is 4.90 Å². The monoisotopic (exact) mass is 351 g/mol. The largest absolute Gasteiger partial charge is 0.416 e. The maximum absolute atomic E-state index is 12.7. The van der Waals surface area contributed by atoms with Gasteiger partial charge in [0.05, 0.1) is 23.8 Å². The molecule has 0 saturated carbocycles. The number of hydrogen-bond donors (Lipinski definition) is 0. The van der Waals surface area contributed by atoms with E-state index in [0.29, 0.717) is 24.2 Å². The van der Waals surface area contributed by atoms with E-state index in [4.69, 9.17) is 4.74 Å². The normalized spacial score (nSPS) is 20.1. The molecule has 0 aliphatic carbocycles.